The molecule has 0 bridgehead atoms. The van der Waals surface area contributed by atoms with Crippen molar-refractivity contribution in [2.24, 2.45) is 7.05 Å². The normalized spacial score (nSPS) is 13.2. The second-order valence-electron chi connectivity index (χ2n) is 7.64. The van der Waals surface area contributed by atoms with E-state index in [0.29, 0.717) is 33.1 Å². The lowest BCUT2D eigenvalue weighted by atomic mass is 9.98. The van der Waals surface area contributed by atoms with E-state index >= 15 is 0 Å². The van der Waals surface area contributed by atoms with Gasteiger partial charge in [-0.2, -0.15) is 5.10 Å². The Morgan fingerprint density at radius 3 is 2.86 bits per heavy atom. The number of benzene rings is 1. The smallest absolute Gasteiger partial charge is 0.255 e. The van der Waals surface area contributed by atoms with Gasteiger partial charge in [-0.25, -0.2) is 9.97 Å². The lowest BCUT2D eigenvalue weighted by Gasteiger charge is -2.29. The monoisotopic (exact) mass is 412 g/mol. The van der Waals surface area contributed by atoms with Gasteiger partial charge < -0.3 is 15.4 Å². The Morgan fingerprint density at radius 2 is 2.14 bits per heavy atom. The molecule has 9 heteroatoms. The summed E-state index contributed by atoms with van der Waals surface area (Å²) in [5.74, 6) is -0.341. The molecule has 0 saturated carbocycles. The average Bonchev–Trinajstić information content (AvgIpc) is 3.22. The number of amides is 1. The lowest BCUT2D eigenvalue weighted by molar-refractivity contribution is 0.0710. The molecule has 3 heterocycles. The molecule has 3 aromatic heterocycles. The van der Waals surface area contributed by atoms with E-state index in [1.54, 1.807) is 43.9 Å². The fourth-order valence-corrected chi connectivity index (χ4v) is 3.23. The summed E-state index contributed by atoms with van der Waals surface area (Å²) in [7, 11) is 1.83. The Balaban J connectivity index is 1.80. The number of nitrogens with one attached hydrogen (secondary N) is 2. The summed E-state index contributed by atoms with van der Waals surface area (Å²) in [4.78, 5) is 24.8. The van der Waals surface area contributed by atoms with Gasteiger partial charge in [0.1, 0.15) is 16.9 Å². The van der Waals surface area contributed by atoms with Crippen LogP contribution >= 0.6 is 11.6 Å². The Labute approximate surface area is 171 Å². The predicted molar refractivity (Wildman–Crippen MR) is 112 cm³/mol. The molecule has 4 aromatic rings. The molecule has 0 spiro atoms. The number of carbonyl (C=O) groups excluding carboxylic acids is 1. The number of aromatic nitrogens is 5. The first-order valence-corrected chi connectivity index (χ1v) is 9.52. The van der Waals surface area contributed by atoms with Crippen molar-refractivity contribution in [2.45, 2.75) is 32.4 Å². The van der Waals surface area contributed by atoms with Crippen LogP contribution < -0.4 is 5.32 Å². The second-order valence-corrected chi connectivity index (χ2v) is 8.08. The van der Waals surface area contributed by atoms with Crippen LogP contribution in [0.1, 0.15) is 31.1 Å². The van der Waals surface area contributed by atoms with Gasteiger partial charge in [0.15, 0.2) is 5.65 Å². The maximum atomic E-state index is 12.8. The number of nitrogens with zero attached hydrogens (tertiary/aromatic N) is 4. The van der Waals surface area contributed by atoms with Crippen molar-refractivity contribution in [3.05, 3.63) is 41.2 Å². The molecule has 8 nitrogen and oxygen atoms in total. The standard InChI is InChI=1S/C20H21ClN6O2/c1-10(28)20(2,3)25-19(29)13-8-22-18-17(13)24-14(9-23-18)16-12-6-5-11(21)7-15(12)27(4)26-16/h5-10,28H,1-4H3,(H,22,23)(H,25,29). The summed E-state index contributed by atoms with van der Waals surface area (Å²) < 4.78 is 1.73. The molecule has 3 N–H and O–H groups in total. The van der Waals surface area contributed by atoms with Crippen LogP contribution in [0.3, 0.4) is 0 Å². The number of aliphatic hydroxyl groups excluding tert-OH is 1. The minimum atomic E-state index is -0.790. The molecular weight excluding hydrogens is 392 g/mol. The highest BCUT2D eigenvalue weighted by Crippen LogP contribution is 2.29. The Bertz CT molecular complexity index is 1240. The average molecular weight is 413 g/mol. The molecule has 0 saturated heterocycles. The van der Waals surface area contributed by atoms with Gasteiger partial charge in [-0.3, -0.25) is 9.48 Å². The van der Waals surface area contributed by atoms with Gasteiger partial charge in [0.05, 0.1) is 28.9 Å². The van der Waals surface area contributed by atoms with Crippen LogP contribution in [-0.4, -0.2) is 47.4 Å². The van der Waals surface area contributed by atoms with Crippen molar-refractivity contribution in [1.29, 1.82) is 0 Å². The zero-order valence-corrected chi connectivity index (χ0v) is 17.2. The van der Waals surface area contributed by atoms with Crippen LogP contribution in [0.4, 0.5) is 0 Å². The first-order chi connectivity index (χ1) is 13.7. The summed E-state index contributed by atoms with van der Waals surface area (Å²) >= 11 is 6.10. The number of aromatic amines is 1. The van der Waals surface area contributed by atoms with Gasteiger partial charge in [0, 0.05) is 23.7 Å². The quantitative estimate of drug-likeness (QED) is 0.477. The third-order valence-corrected chi connectivity index (χ3v) is 5.40. The molecule has 0 fully saturated rings. The first kappa shape index (κ1) is 19.4. The number of hydrogen-bond donors (Lipinski definition) is 3. The van der Waals surface area contributed by atoms with E-state index in [2.05, 4.69) is 25.4 Å². The lowest BCUT2D eigenvalue weighted by Crippen LogP contribution is -2.50. The van der Waals surface area contributed by atoms with E-state index in [-0.39, 0.29) is 5.91 Å². The van der Waals surface area contributed by atoms with E-state index in [1.165, 1.54) is 0 Å². The summed E-state index contributed by atoms with van der Waals surface area (Å²) in [5.41, 5.74) is 2.58. The van der Waals surface area contributed by atoms with Gasteiger partial charge in [-0.15, -0.1) is 0 Å². The summed E-state index contributed by atoms with van der Waals surface area (Å²) in [6.45, 7) is 5.14. The molecule has 29 heavy (non-hydrogen) atoms. The van der Waals surface area contributed by atoms with Gasteiger partial charge in [-0.1, -0.05) is 11.6 Å². The van der Waals surface area contributed by atoms with Crippen molar-refractivity contribution < 1.29 is 9.90 Å². The van der Waals surface area contributed by atoms with Crippen LogP contribution in [0.5, 0.6) is 0 Å². The van der Waals surface area contributed by atoms with Crippen LogP contribution in [0.2, 0.25) is 5.02 Å². The van der Waals surface area contributed by atoms with Gasteiger partial charge in [0.25, 0.3) is 5.91 Å². The minimum Gasteiger partial charge on any atom is -0.391 e. The Morgan fingerprint density at radius 1 is 1.38 bits per heavy atom. The first-order valence-electron chi connectivity index (χ1n) is 9.14. The Hall–Kier alpha value is -2.97. The van der Waals surface area contributed by atoms with E-state index in [4.69, 9.17) is 11.6 Å². The fraction of sp³-hybridized carbons (Fsp3) is 0.300. The number of aryl methyl sites for hydroxylation is 1. The van der Waals surface area contributed by atoms with E-state index in [1.807, 2.05) is 19.2 Å². The number of hydrogen-bond acceptors (Lipinski definition) is 5. The molecule has 0 radical (unpaired) electrons. The van der Waals surface area contributed by atoms with Crippen molar-refractivity contribution in [1.82, 2.24) is 30.0 Å². The SMILES string of the molecule is CC(O)C(C)(C)NC(=O)c1c[nH]c2ncc(-c3nn(C)c4cc(Cl)ccc34)nc12. The number of aliphatic hydroxyl groups is 1. The molecular formula is C20H21ClN6O2. The highest BCUT2D eigenvalue weighted by atomic mass is 35.5. The number of fused-ring (bicyclic) bond motifs is 2. The highest BCUT2D eigenvalue weighted by Gasteiger charge is 2.28. The van der Waals surface area contributed by atoms with Gasteiger partial charge in [0.2, 0.25) is 0 Å². The number of rotatable bonds is 4. The molecule has 0 aliphatic rings. The zero-order valence-electron chi connectivity index (χ0n) is 16.5. The molecule has 1 amide bonds. The van der Waals surface area contributed by atoms with Crippen molar-refractivity contribution in [2.75, 3.05) is 0 Å². The van der Waals surface area contributed by atoms with Gasteiger partial charge in [-0.05, 0) is 39.0 Å². The zero-order chi connectivity index (χ0) is 20.9. The largest absolute Gasteiger partial charge is 0.391 e. The third kappa shape index (κ3) is 3.34. The molecule has 1 unspecified atom stereocenters. The molecule has 1 atom stereocenters. The molecule has 1 aromatic carbocycles. The highest BCUT2D eigenvalue weighted by molar-refractivity contribution is 6.31. The van der Waals surface area contributed by atoms with Crippen LogP contribution in [0.25, 0.3) is 33.5 Å². The number of halogens is 1. The van der Waals surface area contributed by atoms with Crippen molar-refractivity contribution >= 4 is 39.6 Å². The Kier molecular flexibility index (Phi) is 4.55. The number of H-pyrrole nitrogens is 1. The topological polar surface area (TPSA) is 109 Å². The van der Waals surface area contributed by atoms with Crippen LogP contribution in [-0.2, 0) is 7.05 Å². The van der Waals surface area contributed by atoms with Crippen LogP contribution in [0, 0.1) is 0 Å². The van der Waals surface area contributed by atoms with Crippen molar-refractivity contribution in [3.8, 4) is 11.4 Å². The fourth-order valence-electron chi connectivity index (χ4n) is 3.06. The maximum absolute atomic E-state index is 12.8. The summed E-state index contributed by atoms with van der Waals surface area (Å²) in [5, 5.41) is 18.8. The predicted octanol–water partition coefficient (Wildman–Crippen LogP) is 3.05. The van der Waals surface area contributed by atoms with E-state index in [9.17, 15) is 9.90 Å². The second kappa shape index (κ2) is 6.82. The van der Waals surface area contributed by atoms with Crippen LogP contribution in [0.15, 0.2) is 30.6 Å². The van der Waals surface area contributed by atoms with Gasteiger partial charge >= 0.3 is 0 Å². The molecule has 0 aliphatic heterocycles. The van der Waals surface area contributed by atoms with E-state index < -0.39 is 11.6 Å². The number of carbonyl (C=O) groups is 1. The summed E-state index contributed by atoms with van der Waals surface area (Å²) in [6, 6.07) is 5.53. The molecule has 150 valence electrons. The third-order valence-electron chi connectivity index (χ3n) is 5.16. The molecule has 4 rings (SSSR count). The molecule has 0 aliphatic carbocycles. The summed E-state index contributed by atoms with van der Waals surface area (Å²) in [6.07, 6.45) is 2.47. The van der Waals surface area contributed by atoms with E-state index in [0.717, 1.165) is 10.9 Å². The van der Waals surface area contributed by atoms with Crippen molar-refractivity contribution in [3.63, 3.8) is 0 Å². The minimum absolute atomic E-state index is 0.341. The maximum Gasteiger partial charge on any atom is 0.255 e.